The number of ether oxygens (including phenoxy) is 2. The standard InChI is InChI=1S/C19H13F3N2O3/c20-19(21,22)27-16-9-5-14(6-10-16)24-18(25)13-3-7-15(8-4-13)26-17-2-1-11-23-12-17/h1-12H,(H,24,25). The van der Waals surface area contributed by atoms with Crippen molar-refractivity contribution in [1.82, 2.24) is 4.98 Å². The molecule has 1 heterocycles. The van der Waals surface area contributed by atoms with Gasteiger partial charge in [-0.2, -0.15) is 0 Å². The molecule has 0 saturated heterocycles. The van der Waals surface area contributed by atoms with E-state index in [1.54, 1.807) is 48.8 Å². The quantitative estimate of drug-likeness (QED) is 0.681. The van der Waals surface area contributed by atoms with Gasteiger partial charge < -0.3 is 14.8 Å². The van der Waals surface area contributed by atoms with Crippen LogP contribution in [0.4, 0.5) is 18.9 Å². The molecule has 0 saturated carbocycles. The van der Waals surface area contributed by atoms with E-state index in [1.165, 1.54) is 12.1 Å². The fraction of sp³-hybridized carbons (Fsp3) is 0.0526. The van der Waals surface area contributed by atoms with Crippen molar-refractivity contribution in [1.29, 1.82) is 0 Å². The summed E-state index contributed by atoms with van der Waals surface area (Å²) in [5.74, 6) is 0.328. The Morgan fingerprint density at radius 1 is 0.889 bits per heavy atom. The average Bonchev–Trinajstić information content (AvgIpc) is 2.63. The zero-order chi connectivity index (χ0) is 19.3. The number of pyridine rings is 1. The number of hydrogen-bond donors (Lipinski definition) is 1. The molecule has 8 heteroatoms. The van der Waals surface area contributed by atoms with Crippen molar-refractivity contribution in [2.24, 2.45) is 0 Å². The van der Waals surface area contributed by atoms with E-state index in [4.69, 9.17) is 4.74 Å². The van der Waals surface area contributed by atoms with E-state index >= 15 is 0 Å². The minimum Gasteiger partial charge on any atom is -0.456 e. The third kappa shape index (κ3) is 5.46. The highest BCUT2D eigenvalue weighted by Crippen LogP contribution is 2.24. The average molecular weight is 374 g/mol. The molecule has 3 rings (SSSR count). The van der Waals surface area contributed by atoms with Gasteiger partial charge in [0, 0.05) is 17.4 Å². The van der Waals surface area contributed by atoms with Crippen LogP contribution in [0.25, 0.3) is 0 Å². The molecule has 27 heavy (non-hydrogen) atoms. The number of nitrogens with zero attached hydrogens (tertiary/aromatic N) is 1. The molecular weight excluding hydrogens is 361 g/mol. The summed E-state index contributed by atoms with van der Waals surface area (Å²) in [6, 6.07) is 14.8. The molecule has 1 N–H and O–H groups in total. The van der Waals surface area contributed by atoms with E-state index in [2.05, 4.69) is 15.0 Å². The van der Waals surface area contributed by atoms with Gasteiger partial charge in [0.05, 0.1) is 6.20 Å². The van der Waals surface area contributed by atoms with Crippen molar-refractivity contribution < 1.29 is 27.4 Å². The first-order valence-electron chi connectivity index (χ1n) is 7.74. The van der Waals surface area contributed by atoms with Crippen LogP contribution >= 0.6 is 0 Å². The monoisotopic (exact) mass is 374 g/mol. The molecule has 0 bridgehead atoms. The fourth-order valence-corrected chi connectivity index (χ4v) is 2.16. The predicted octanol–water partition coefficient (Wildman–Crippen LogP) is 5.02. The molecule has 0 aliphatic rings. The third-order valence-electron chi connectivity index (χ3n) is 3.33. The number of benzene rings is 2. The molecule has 0 aliphatic carbocycles. The first-order chi connectivity index (χ1) is 12.9. The summed E-state index contributed by atoms with van der Waals surface area (Å²) in [5, 5.41) is 2.59. The summed E-state index contributed by atoms with van der Waals surface area (Å²) >= 11 is 0. The van der Waals surface area contributed by atoms with E-state index in [1.807, 2.05) is 0 Å². The second-order valence-corrected chi connectivity index (χ2v) is 5.34. The van der Waals surface area contributed by atoms with Gasteiger partial charge in [-0.25, -0.2) is 0 Å². The van der Waals surface area contributed by atoms with E-state index < -0.39 is 12.3 Å². The predicted molar refractivity (Wildman–Crippen MR) is 91.8 cm³/mol. The van der Waals surface area contributed by atoms with E-state index in [9.17, 15) is 18.0 Å². The summed E-state index contributed by atoms with van der Waals surface area (Å²) in [6.07, 6.45) is -1.57. The SMILES string of the molecule is O=C(Nc1ccc(OC(F)(F)F)cc1)c1ccc(Oc2cccnc2)cc1. The lowest BCUT2D eigenvalue weighted by molar-refractivity contribution is -0.274. The number of hydrogen-bond acceptors (Lipinski definition) is 4. The molecule has 0 aliphatic heterocycles. The summed E-state index contributed by atoms with van der Waals surface area (Å²) in [7, 11) is 0. The summed E-state index contributed by atoms with van der Waals surface area (Å²) < 4.78 is 45.8. The van der Waals surface area contributed by atoms with E-state index in [0.29, 0.717) is 22.7 Å². The topological polar surface area (TPSA) is 60.5 Å². The molecular formula is C19H13F3N2O3. The number of nitrogens with one attached hydrogen (secondary N) is 1. The van der Waals surface area contributed by atoms with E-state index in [-0.39, 0.29) is 5.75 Å². The van der Waals surface area contributed by atoms with Crippen LogP contribution in [0.2, 0.25) is 0 Å². The van der Waals surface area contributed by atoms with Gasteiger partial charge in [-0.3, -0.25) is 9.78 Å². The van der Waals surface area contributed by atoms with Crippen molar-refractivity contribution in [3.8, 4) is 17.2 Å². The number of rotatable bonds is 5. The molecule has 1 amide bonds. The molecule has 0 spiro atoms. The molecule has 0 unspecified atom stereocenters. The van der Waals surface area contributed by atoms with Crippen LogP contribution in [-0.2, 0) is 0 Å². The number of carbonyl (C=O) groups excluding carboxylic acids is 1. The van der Waals surface area contributed by atoms with Gasteiger partial charge >= 0.3 is 6.36 Å². The number of halogens is 3. The number of amides is 1. The molecule has 0 atom stereocenters. The van der Waals surface area contributed by atoms with Gasteiger partial charge in [-0.1, -0.05) is 0 Å². The highest BCUT2D eigenvalue weighted by molar-refractivity contribution is 6.04. The van der Waals surface area contributed by atoms with Crippen LogP contribution in [0.3, 0.4) is 0 Å². The van der Waals surface area contributed by atoms with Crippen LogP contribution in [0.1, 0.15) is 10.4 Å². The highest BCUT2D eigenvalue weighted by atomic mass is 19.4. The van der Waals surface area contributed by atoms with Crippen molar-refractivity contribution in [2.75, 3.05) is 5.32 Å². The summed E-state index contributed by atoms with van der Waals surface area (Å²) in [4.78, 5) is 16.2. The van der Waals surface area contributed by atoms with Crippen LogP contribution in [0, 0.1) is 0 Å². The van der Waals surface area contributed by atoms with Gasteiger partial charge in [-0.05, 0) is 60.7 Å². The van der Waals surface area contributed by atoms with Gasteiger partial charge in [-0.15, -0.1) is 13.2 Å². The Morgan fingerprint density at radius 3 is 2.15 bits per heavy atom. The second kappa shape index (κ2) is 7.77. The first-order valence-corrected chi connectivity index (χ1v) is 7.74. The Morgan fingerprint density at radius 2 is 1.56 bits per heavy atom. The maximum atomic E-state index is 12.2. The third-order valence-corrected chi connectivity index (χ3v) is 3.33. The lowest BCUT2D eigenvalue weighted by atomic mass is 10.2. The molecule has 138 valence electrons. The zero-order valence-electron chi connectivity index (χ0n) is 13.7. The maximum absolute atomic E-state index is 12.2. The first kappa shape index (κ1) is 18.2. The van der Waals surface area contributed by atoms with Crippen LogP contribution in [0.5, 0.6) is 17.2 Å². The Bertz CT molecular complexity index is 896. The van der Waals surface area contributed by atoms with Crippen molar-refractivity contribution >= 4 is 11.6 Å². The van der Waals surface area contributed by atoms with Crippen LogP contribution in [0.15, 0.2) is 73.1 Å². The zero-order valence-corrected chi connectivity index (χ0v) is 13.7. The maximum Gasteiger partial charge on any atom is 0.573 e. The Hall–Kier alpha value is -3.55. The van der Waals surface area contributed by atoms with Gasteiger partial charge in [0.15, 0.2) is 0 Å². The van der Waals surface area contributed by atoms with E-state index in [0.717, 1.165) is 12.1 Å². The lowest BCUT2D eigenvalue weighted by Crippen LogP contribution is -2.17. The summed E-state index contributed by atoms with van der Waals surface area (Å²) in [5.41, 5.74) is 0.703. The molecule has 0 radical (unpaired) electrons. The molecule has 5 nitrogen and oxygen atoms in total. The fourth-order valence-electron chi connectivity index (χ4n) is 2.16. The van der Waals surface area contributed by atoms with Crippen molar-refractivity contribution in [3.63, 3.8) is 0 Å². The number of aromatic nitrogens is 1. The number of alkyl halides is 3. The van der Waals surface area contributed by atoms with Crippen LogP contribution in [-0.4, -0.2) is 17.3 Å². The minimum atomic E-state index is -4.76. The Labute approximate surface area is 152 Å². The van der Waals surface area contributed by atoms with Crippen LogP contribution < -0.4 is 14.8 Å². The Balaban J connectivity index is 1.61. The Kier molecular flexibility index (Phi) is 5.25. The molecule has 3 aromatic rings. The largest absolute Gasteiger partial charge is 0.573 e. The minimum absolute atomic E-state index is 0.338. The van der Waals surface area contributed by atoms with Gasteiger partial charge in [0.2, 0.25) is 0 Å². The van der Waals surface area contributed by atoms with Crippen molar-refractivity contribution in [3.05, 3.63) is 78.6 Å². The lowest BCUT2D eigenvalue weighted by Gasteiger charge is -2.10. The van der Waals surface area contributed by atoms with Crippen molar-refractivity contribution in [2.45, 2.75) is 6.36 Å². The van der Waals surface area contributed by atoms with Gasteiger partial charge in [0.1, 0.15) is 17.2 Å². The highest BCUT2D eigenvalue weighted by Gasteiger charge is 2.30. The molecule has 1 aromatic heterocycles. The second-order valence-electron chi connectivity index (χ2n) is 5.34. The molecule has 2 aromatic carbocycles. The smallest absolute Gasteiger partial charge is 0.456 e. The van der Waals surface area contributed by atoms with Gasteiger partial charge in [0.25, 0.3) is 5.91 Å². The molecule has 0 fully saturated rings. The number of anilines is 1. The normalized spacial score (nSPS) is 10.9. The number of carbonyl (C=O) groups is 1. The summed E-state index contributed by atoms with van der Waals surface area (Å²) in [6.45, 7) is 0.